The maximum atomic E-state index is 13.8. The number of nitrogens with one attached hydrogen (secondary N) is 1. The van der Waals surface area contributed by atoms with Gasteiger partial charge in [0.1, 0.15) is 11.6 Å². The van der Waals surface area contributed by atoms with Crippen molar-refractivity contribution >= 4 is 23.1 Å². The number of hydrogen-bond acceptors (Lipinski definition) is 3. The number of aliphatic hydroxyl groups is 1. The van der Waals surface area contributed by atoms with E-state index in [0.29, 0.717) is 29.6 Å². The van der Waals surface area contributed by atoms with Crippen LogP contribution >= 0.6 is 0 Å². The summed E-state index contributed by atoms with van der Waals surface area (Å²) < 4.78 is 0. The number of nitrogens with zero attached hydrogens (tertiary/aromatic N) is 1. The number of benzene rings is 3. The second kappa shape index (κ2) is 8.45. The first-order chi connectivity index (χ1) is 16.4. The van der Waals surface area contributed by atoms with Gasteiger partial charge in [0, 0.05) is 40.4 Å². The number of carbonyl (C=O) groups is 1. The van der Waals surface area contributed by atoms with Crippen molar-refractivity contribution in [2.75, 3.05) is 4.90 Å². The first-order valence-corrected chi connectivity index (χ1v) is 11.6. The molecule has 170 valence electrons. The van der Waals surface area contributed by atoms with Gasteiger partial charge in [-0.3, -0.25) is 15.1 Å². The summed E-state index contributed by atoms with van der Waals surface area (Å²) in [5, 5.41) is 21.0. The normalized spacial score (nSPS) is 21.4. The Morgan fingerprint density at radius 3 is 2.06 bits per heavy atom. The van der Waals surface area contributed by atoms with Crippen LogP contribution in [0.3, 0.4) is 0 Å². The summed E-state index contributed by atoms with van der Waals surface area (Å²) in [6.07, 6.45) is 1.11. The summed E-state index contributed by atoms with van der Waals surface area (Å²) in [5.41, 5.74) is 4.12. The molecule has 1 heterocycles. The van der Waals surface area contributed by atoms with Gasteiger partial charge in [0.25, 0.3) is 0 Å². The number of ketones is 1. The van der Waals surface area contributed by atoms with E-state index in [0.717, 1.165) is 16.9 Å². The number of rotatable bonds is 3. The highest BCUT2D eigenvalue weighted by Crippen LogP contribution is 2.51. The zero-order chi connectivity index (χ0) is 23.9. The molecule has 0 fully saturated rings. The molecule has 0 saturated carbocycles. The third kappa shape index (κ3) is 3.75. The molecule has 1 aliphatic heterocycles. The summed E-state index contributed by atoms with van der Waals surface area (Å²) in [4.78, 5) is 15.6. The third-order valence-electron chi connectivity index (χ3n) is 6.67. The van der Waals surface area contributed by atoms with E-state index in [1.54, 1.807) is 0 Å². The van der Waals surface area contributed by atoms with Crippen LogP contribution in [-0.4, -0.2) is 16.7 Å². The number of carbonyl (C=O) groups excluding carboxylic acids is 1. The Morgan fingerprint density at radius 1 is 0.882 bits per heavy atom. The van der Waals surface area contributed by atoms with Gasteiger partial charge < -0.3 is 5.11 Å². The van der Waals surface area contributed by atoms with Gasteiger partial charge >= 0.3 is 0 Å². The molecule has 2 aliphatic rings. The van der Waals surface area contributed by atoms with E-state index in [1.165, 1.54) is 0 Å². The molecule has 0 radical (unpaired) electrons. The van der Waals surface area contributed by atoms with Crippen LogP contribution in [0.1, 0.15) is 43.7 Å². The zero-order valence-electron chi connectivity index (χ0n) is 19.5. The molecule has 4 heteroatoms. The Bertz CT molecular complexity index is 1310. The summed E-state index contributed by atoms with van der Waals surface area (Å²) in [5.74, 6) is -0.199. The summed E-state index contributed by atoms with van der Waals surface area (Å²) in [6.45, 7) is 4.21. The number of Topliss-reactive ketones (excluding diaryl/α,β-unsaturated/α-hetero) is 1. The van der Waals surface area contributed by atoms with Crippen LogP contribution in [0.5, 0.6) is 0 Å². The van der Waals surface area contributed by atoms with E-state index < -0.39 is 5.92 Å². The Hall–Kier alpha value is -3.92. The molecule has 1 atom stereocenters. The average molecular weight is 449 g/mol. The van der Waals surface area contributed by atoms with Crippen LogP contribution in [0.4, 0.5) is 5.69 Å². The van der Waals surface area contributed by atoms with E-state index in [2.05, 4.69) is 13.8 Å². The highest BCUT2D eigenvalue weighted by Gasteiger charge is 2.46. The van der Waals surface area contributed by atoms with Crippen molar-refractivity contribution in [2.24, 2.45) is 5.41 Å². The minimum absolute atomic E-state index is 0.0320. The van der Waals surface area contributed by atoms with Gasteiger partial charge in [-0.15, -0.1) is 0 Å². The van der Waals surface area contributed by atoms with Crippen molar-refractivity contribution in [2.45, 2.75) is 32.6 Å². The second-order valence-electron chi connectivity index (χ2n) is 9.79. The fraction of sp³-hybridized carbons (Fsp3) is 0.200. The van der Waals surface area contributed by atoms with Gasteiger partial charge in [-0.05, 0) is 29.5 Å². The first kappa shape index (κ1) is 21.9. The van der Waals surface area contributed by atoms with Crippen LogP contribution in [-0.2, 0) is 4.79 Å². The molecule has 0 spiro atoms. The number of allylic oxidation sites excluding steroid dienone is 2. The monoisotopic (exact) mass is 448 g/mol. The smallest absolute Gasteiger partial charge is 0.162 e. The predicted octanol–water partition coefficient (Wildman–Crippen LogP) is 6.88. The van der Waals surface area contributed by atoms with E-state index >= 15 is 0 Å². The fourth-order valence-corrected chi connectivity index (χ4v) is 5.21. The molecule has 34 heavy (non-hydrogen) atoms. The van der Waals surface area contributed by atoms with Crippen LogP contribution in [0, 0.1) is 10.8 Å². The van der Waals surface area contributed by atoms with Crippen LogP contribution < -0.4 is 4.90 Å². The van der Waals surface area contributed by atoms with Gasteiger partial charge in [0.2, 0.25) is 0 Å². The van der Waals surface area contributed by atoms with Gasteiger partial charge in [-0.2, -0.15) is 0 Å². The van der Waals surface area contributed by atoms with E-state index in [-0.39, 0.29) is 22.8 Å². The van der Waals surface area contributed by atoms with E-state index in [9.17, 15) is 15.3 Å². The Labute approximate surface area is 200 Å². The molecule has 3 aromatic rings. The number of para-hydroxylation sites is 1. The van der Waals surface area contributed by atoms with Crippen LogP contribution in [0.2, 0.25) is 0 Å². The molecule has 5 rings (SSSR count). The number of anilines is 1. The Balaban J connectivity index is 1.85. The zero-order valence-corrected chi connectivity index (χ0v) is 19.5. The standard InChI is InChI=1S/C30H28N2O2/c1-30(2)18-23-26(24(33)19-30)25(20-12-6-3-7-13-20)27(28(34)21-14-8-4-9-15-21)29(31)32(23)22-16-10-5-11-17-22/h3-17,25,31,34H,18-19H2,1-2H3/t25-/m0/s1. The van der Waals surface area contributed by atoms with Crippen molar-refractivity contribution in [3.8, 4) is 0 Å². The summed E-state index contributed by atoms with van der Waals surface area (Å²) in [6, 6.07) is 28.8. The lowest BCUT2D eigenvalue weighted by Gasteiger charge is -2.45. The van der Waals surface area contributed by atoms with Crippen molar-refractivity contribution in [1.29, 1.82) is 5.41 Å². The van der Waals surface area contributed by atoms with E-state index in [1.807, 2.05) is 95.9 Å². The minimum atomic E-state index is -0.507. The molecule has 0 bridgehead atoms. The molecule has 0 amide bonds. The molecule has 1 aliphatic carbocycles. The molecule has 2 N–H and O–H groups in total. The highest BCUT2D eigenvalue weighted by molar-refractivity contribution is 6.19. The Kier molecular flexibility index (Phi) is 5.45. The van der Waals surface area contributed by atoms with Crippen molar-refractivity contribution in [1.82, 2.24) is 0 Å². The molecule has 0 unspecified atom stereocenters. The van der Waals surface area contributed by atoms with Gasteiger partial charge in [-0.25, -0.2) is 0 Å². The second-order valence-corrected chi connectivity index (χ2v) is 9.79. The molecular weight excluding hydrogens is 420 g/mol. The topological polar surface area (TPSA) is 64.4 Å². The van der Waals surface area contributed by atoms with Crippen molar-refractivity contribution in [3.63, 3.8) is 0 Å². The van der Waals surface area contributed by atoms with E-state index in [4.69, 9.17) is 0 Å². The lowest BCUT2D eigenvalue weighted by atomic mass is 9.67. The SMILES string of the molecule is CC1(C)CC(=O)C2=C(C1)N(c1ccccc1)C(=N)C(=C(O)c1ccccc1)[C@H]2c1ccccc1. The van der Waals surface area contributed by atoms with Gasteiger partial charge in [-0.1, -0.05) is 92.7 Å². The maximum Gasteiger partial charge on any atom is 0.162 e. The van der Waals surface area contributed by atoms with Gasteiger partial charge in [0.05, 0.1) is 0 Å². The van der Waals surface area contributed by atoms with Crippen LogP contribution in [0.15, 0.2) is 108 Å². The Morgan fingerprint density at radius 2 is 1.44 bits per heavy atom. The van der Waals surface area contributed by atoms with Crippen LogP contribution in [0.25, 0.3) is 5.76 Å². The minimum Gasteiger partial charge on any atom is -0.507 e. The fourth-order valence-electron chi connectivity index (χ4n) is 5.21. The van der Waals surface area contributed by atoms with Gasteiger partial charge in [0.15, 0.2) is 5.78 Å². The molecule has 3 aromatic carbocycles. The quantitative estimate of drug-likeness (QED) is 0.429. The summed E-state index contributed by atoms with van der Waals surface area (Å²) >= 11 is 0. The van der Waals surface area contributed by atoms with Crippen molar-refractivity contribution in [3.05, 3.63) is 119 Å². The molecule has 4 nitrogen and oxygen atoms in total. The average Bonchev–Trinajstić information content (AvgIpc) is 2.84. The molecular formula is C30H28N2O2. The first-order valence-electron chi connectivity index (χ1n) is 11.6. The van der Waals surface area contributed by atoms with Crippen molar-refractivity contribution < 1.29 is 9.90 Å². The third-order valence-corrected chi connectivity index (χ3v) is 6.67. The molecule has 0 aromatic heterocycles. The molecule has 0 saturated heterocycles. The lowest BCUT2D eigenvalue weighted by Crippen LogP contribution is -2.45. The highest BCUT2D eigenvalue weighted by atomic mass is 16.3. The lowest BCUT2D eigenvalue weighted by molar-refractivity contribution is -0.118. The number of hydrogen-bond donors (Lipinski definition) is 2. The number of aliphatic hydroxyl groups excluding tert-OH is 1. The summed E-state index contributed by atoms with van der Waals surface area (Å²) in [7, 11) is 0. The largest absolute Gasteiger partial charge is 0.507 e. The predicted molar refractivity (Wildman–Crippen MR) is 137 cm³/mol. The maximum absolute atomic E-state index is 13.8. The number of amidine groups is 1.